The number of sulfone groups is 1. The van der Waals surface area contributed by atoms with Crippen LogP contribution < -0.4 is 5.32 Å². The zero-order valence-electron chi connectivity index (χ0n) is 11.8. The highest BCUT2D eigenvalue weighted by atomic mass is 32.2. The van der Waals surface area contributed by atoms with Gasteiger partial charge in [0, 0.05) is 43.9 Å². The summed E-state index contributed by atoms with van der Waals surface area (Å²) in [6.45, 7) is 3.28. The molecule has 112 valence electrons. The first-order valence-electron chi connectivity index (χ1n) is 6.82. The molecule has 1 aromatic carbocycles. The largest absolute Gasteiger partial charge is 0.311 e. The Balaban J connectivity index is 1.77. The Morgan fingerprint density at radius 2 is 2.10 bits per heavy atom. The molecule has 1 aliphatic rings. The van der Waals surface area contributed by atoms with Crippen LogP contribution >= 0.6 is 11.8 Å². The molecule has 0 aliphatic carbocycles. The van der Waals surface area contributed by atoms with Gasteiger partial charge >= 0.3 is 0 Å². The second kappa shape index (κ2) is 7.45. The molecule has 20 heavy (non-hydrogen) atoms. The molecule has 1 atom stereocenters. The van der Waals surface area contributed by atoms with E-state index in [1.54, 1.807) is 11.8 Å². The maximum atomic E-state index is 11.8. The fourth-order valence-electron chi connectivity index (χ4n) is 2.32. The van der Waals surface area contributed by atoms with Crippen molar-refractivity contribution in [3.63, 3.8) is 0 Å². The van der Waals surface area contributed by atoms with Crippen molar-refractivity contribution in [1.29, 1.82) is 0 Å². The van der Waals surface area contributed by atoms with Gasteiger partial charge in [-0.05, 0) is 5.56 Å². The van der Waals surface area contributed by atoms with Crippen LogP contribution in [0.1, 0.15) is 5.56 Å². The van der Waals surface area contributed by atoms with Crippen molar-refractivity contribution in [2.75, 3.05) is 37.4 Å². The third-order valence-corrected chi connectivity index (χ3v) is 6.12. The van der Waals surface area contributed by atoms with Crippen LogP contribution in [0.5, 0.6) is 0 Å². The first-order valence-corrected chi connectivity index (χ1v) is 9.93. The van der Waals surface area contributed by atoms with Crippen molar-refractivity contribution < 1.29 is 8.42 Å². The number of nitrogens with one attached hydrogen (secondary N) is 1. The summed E-state index contributed by atoms with van der Waals surface area (Å²) >= 11 is 1.73. The summed E-state index contributed by atoms with van der Waals surface area (Å²) in [5.74, 6) is 1.71. The Bertz CT molecular complexity index is 505. The summed E-state index contributed by atoms with van der Waals surface area (Å²) in [6, 6.07) is 10.2. The summed E-state index contributed by atoms with van der Waals surface area (Å²) in [7, 11) is -2.99. The lowest BCUT2D eigenvalue weighted by molar-refractivity contribution is 0.270. The van der Waals surface area contributed by atoms with E-state index in [0.29, 0.717) is 5.75 Å². The molecule has 0 radical (unpaired) electrons. The minimum Gasteiger partial charge on any atom is -0.311 e. The fourth-order valence-corrected chi connectivity index (χ4v) is 5.29. The third kappa shape index (κ3) is 4.77. The van der Waals surface area contributed by atoms with E-state index in [-0.39, 0.29) is 5.37 Å². The van der Waals surface area contributed by atoms with Gasteiger partial charge in [0.1, 0.15) is 5.37 Å². The summed E-state index contributed by atoms with van der Waals surface area (Å²) in [4.78, 5) is 2.09. The van der Waals surface area contributed by atoms with Crippen molar-refractivity contribution in [2.45, 2.75) is 11.9 Å². The molecule has 1 aromatic rings. The number of hydrogen-bond acceptors (Lipinski definition) is 5. The molecule has 0 amide bonds. The maximum absolute atomic E-state index is 11.8. The molecule has 2 rings (SSSR count). The Morgan fingerprint density at radius 3 is 2.80 bits per heavy atom. The molecule has 6 heteroatoms. The van der Waals surface area contributed by atoms with Crippen molar-refractivity contribution in [1.82, 2.24) is 10.2 Å². The summed E-state index contributed by atoms with van der Waals surface area (Å²) in [6.07, 6.45) is 1.34. The molecule has 0 spiro atoms. The number of rotatable bonds is 6. The van der Waals surface area contributed by atoms with Crippen molar-refractivity contribution in [3.05, 3.63) is 35.9 Å². The topological polar surface area (TPSA) is 49.4 Å². The van der Waals surface area contributed by atoms with E-state index < -0.39 is 9.84 Å². The lowest BCUT2D eigenvalue weighted by Crippen LogP contribution is -2.49. The van der Waals surface area contributed by atoms with Crippen LogP contribution in [0.4, 0.5) is 0 Å². The van der Waals surface area contributed by atoms with Crippen LogP contribution in [0.3, 0.4) is 0 Å². The van der Waals surface area contributed by atoms with Crippen LogP contribution in [-0.4, -0.2) is 56.1 Å². The maximum Gasteiger partial charge on any atom is 0.164 e. The Morgan fingerprint density at radius 1 is 1.35 bits per heavy atom. The molecule has 0 bridgehead atoms. The first kappa shape index (κ1) is 15.8. The quantitative estimate of drug-likeness (QED) is 0.800. The van der Waals surface area contributed by atoms with E-state index in [4.69, 9.17) is 0 Å². The monoisotopic (exact) mass is 314 g/mol. The molecule has 1 N–H and O–H groups in total. The van der Waals surface area contributed by atoms with Crippen molar-refractivity contribution in [3.8, 4) is 0 Å². The average Bonchev–Trinajstić information content (AvgIpc) is 2.44. The first-order chi connectivity index (χ1) is 9.57. The van der Waals surface area contributed by atoms with Crippen LogP contribution in [0, 0.1) is 0 Å². The molecule has 1 fully saturated rings. The molecule has 0 saturated carbocycles. The molecule has 0 aromatic heterocycles. The lowest BCUT2D eigenvalue weighted by atomic mass is 10.2. The van der Waals surface area contributed by atoms with Gasteiger partial charge in [0.25, 0.3) is 0 Å². The van der Waals surface area contributed by atoms with E-state index in [1.807, 2.05) is 18.2 Å². The van der Waals surface area contributed by atoms with Gasteiger partial charge in [0.05, 0.1) is 0 Å². The van der Waals surface area contributed by atoms with Gasteiger partial charge in [-0.15, -0.1) is 0 Å². The second-order valence-corrected chi connectivity index (χ2v) is 8.41. The predicted molar refractivity (Wildman–Crippen MR) is 85.7 cm³/mol. The minimum atomic E-state index is -2.99. The van der Waals surface area contributed by atoms with Crippen LogP contribution in [0.2, 0.25) is 0 Å². The van der Waals surface area contributed by atoms with E-state index in [1.165, 1.54) is 11.8 Å². The molecule has 1 saturated heterocycles. The standard InChI is InChI=1S/C14H22N2O2S2/c1-20(17,18)14-12-19-10-9-16(14)8-7-15-11-13-5-3-2-4-6-13/h2-6,14-15H,7-12H2,1H3. The summed E-state index contributed by atoms with van der Waals surface area (Å²) in [5.41, 5.74) is 1.25. The molecule has 4 nitrogen and oxygen atoms in total. The number of thioether (sulfide) groups is 1. The van der Waals surface area contributed by atoms with Crippen LogP contribution in [-0.2, 0) is 16.4 Å². The lowest BCUT2D eigenvalue weighted by Gasteiger charge is -2.33. The summed E-state index contributed by atoms with van der Waals surface area (Å²) in [5, 5.41) is 3.06. The van der Waals surface area contributed by atoms with Crippen molar-refractivity contribution >= 4 is 21.6 Å². The van der Waals surface area contributed by atoms with Crippen LogP contribution in [0.15, 0.2) is 30.3 Å². The fraction of sp³-hybridized carbons (Fsp3) is 0.571. The van der Waals surface area contributed by atoms with Gasteiger partial charge < -0.3 is 5.32 Å². The highest BCUT2D eigenvalue weighted by Crippen LogP contribution is 2.19. The molecular weight excluding hydrogens is 292 g/mol. The third-order valence-electron chi connectivity index (χ3n) is 3.43. The molecule has 1 aliphatic heterocycles. The van der Waals surface area contributed by atoms with E-state index in [9.17, 15) is 8.42 Å². The average molecular weight is 314 g/mol. The zero-order chi connectivity index (χ0) is 14.4. The molecular formula is C14H22N2O2S2. The van der Waals surface area contributed by atoms with E-state index in [2.05, 4.69) is 22.3 Å². The Labute approximate surface area is 125 Å². The number of hydrogen-bond donors (Lipinski definition) is 1. The van der Waals surface area contributed by atoms with Gasteiger partial charge in [-0.2, -0.15) is 11.8 Å². The van der Waals surface area contributed by atoms with Gasteiger partial charge in [-0.3, -0.25) is 4.90 Å². The van der Waals surface area contributed by atoms with Crippen molar-refractivity contribution in [2.24, 2.45) is 0 Å². The molecule has 1 heterocycles. The van der Waals surface area contributed by atoms with Gasteiger partial charge in [-0.25, -0.2) is 8.42 Å². The normalized spacial score (nSPS) is 20.9. The van der Waals surface area contributed by atoms with Gasteiger partial charge in [-0.1, -0.05) is 30.3 Å². The SMILES string of the molecule is CS(=O)(=O)C1CSCCN1CCNCc1ccccc1. The van der Waals surface area contributed by atoms with Crippen LogP contribution in [0.25, 0.3) is 0 Å². The number of nitrogens with zero attached hydrogens (tertiary/aromatic N) is 1. The summed E-state index contributed by atoms with van der Waals surface area (Å²) < 4.78 is 23.6. The predicted octanol–water partition coefficient (Wildman–Crippen LogP) is 1.20. The van der Waals surface area contributed by atoms with Gasteiger partial charge in [0.2, 0.25) is 0 Å². The van der Waals surface area contributed by atoms with E-state index in [0.717, 1.165) is 31.9 Å². The minimum absolute atomic E-state index is 0.320. The van der Waals surface area contributed by atoms with Gasteiger partial charge in [0.15, 0.2) is 9.84 Å². The zero-order valence-corrected chi connectivity index (χ0v) is 13.4. The van der Waals surface area contributed by atoms with E-state index >= 15 is 0 Å². The number of benzene rings is 1. The second-order valence-electron chi connectivity index (χ2n) is 5.06. The highest BCUT2D eigenvalue weighted by Gasteiger charge is 2.30. The Hall–Kier alpha value is -0.560. The Kier molecular flexibility index (Phi) is 5.89. The molecule has 1 unspecified atom stereocenters. The highest BCUT2D eigenvalue weighted by molar-refractivity contribution is 8.00. The smallest absolute Gasteiger partial charge is 0.164 e.